The molecule has 0 saturated carbocycles. The van der Waals surface area contributed by atoms with E-state index in [9.17, 15) is 0 Å². The molecule has 5 heteroatoms. The summed E-state index contributed by atoms with van der Waals surface area (Å²) >= 11 is 0. The molecule has 7 aromatic rings. The van der Waals surface area contributed by atoms with Crippen molar-refractivity contribution >= 4 is 21.5 Å². The normalized spacial score (nSPS) is 14.9. The van der Waals surface area contributed by atoms with Crippen molar-refractivity contribution in [3.05, 3.63) is 175 Å². The lowest BCUT2D eigenvalue weighted by Gasteiger charge is -2.30. The van der Waals surface area contributed by atoms with Gasteiger partial charge in [0.25, 0.3) is 0 Å². The monoisotopic (exact) mass is 992 g/mol. The fourth-order valence-corrected chi connectivity index (χ4v) is 11.1. The summed E-state index contributed by atoms with van der Waals surface area (Å²) in [6.45, 7) is 37.0. The summed E-state index contributed by atoms with van der Waals surface area (Å²) in [4.78, 5) is 2.57. The van der Waals surface area contributed by atoms with Crippen LogP contribution in [0.5, 0.6) is 23.0 Å². The summed E-state index contributed by atoms with van der Waals surface area (Å²) in [5.74, 6) is 3.93. The van der Waals surface area contributed by atoms with Crippen molar-refractivity contribution in [3.63, 3.8) is 0 Å². The molecule has 0 unspecified atom stereocenters. The maximum atomic E-state index is 7.49. The van der Waals surface area contributed by atoms with Gasteiger partial charge in [-0.1, -0.05) is 194 Å². The number of hydrogen-bond donors (Lipinski definition) is 0. The topological polar surface area (TPSA) is 40.2 Å². The minimum Gasteiger partial charge on any atom is -0.493 e. The first-order chi connectivity index (χ1) is 35.1. The van der Waals surface area contributed by atoms with E-state index in [4.69, 9.17) is 18.9 Å². The van der Waals surface area contributed by atoms with Crippen molar-refractivity contribution in [2.75, 3.05) is 39.5 Å². The summed E-state index contributed by atoms with van der Waals surface area (Å²) in [5.41, 5.74) is 15.7. The molecular weight excluding hydrogens is 907 g/mol. The highest BCUT2D eigenvalue weighted by molar-refractivity contribution is 6.02. The van der Waals surface area contributed by atoms with Crippen LogP contribution in [0.15, 0.2) is 103 Å². The van der Waals surface area contributed by atoms with Gasteiger partial charge in [0.15, 0.2) is 0 Å². The van der Waals surface area contributed by atoms with Crippen LogP contribution < -0.4 is 18.9 Å². The Labute approximate surface area is 445 Å². The third-order valence-electron chi connectivity index (χ3n) is 15.4. The Bertz CT molecular complexity index is 2860. The van der Waals surface area contributed by atoms with Gasteiger partial charge in [-0.05, 0) is 134 Å². The van der Waals surface area contributed by atoms with Crippen molar-refractivity contribution in [3.8, 4) is 23.0 Å². The predicted octanol–water partition coefficient (Wildman–Crippen LogP) is 16.7. The van der Waals surface area contributed by atoms with Gasteiger partial charge in [-0.15, -0.1) is 0 Å². The predicted molar refractivity (Wildman–Crippen MR) is 311 cm³/mol. The van der Waals surface area contributed by atoms with Gasteiger partial charge >= 0.3 is 0 Å². The summed E-state index contributed by atoms with van der Waals surface area (Å²) in [7, 11) is 0. The average Bonchev–Trinajstić information content (AvgIpc) is 3.32. The highest BCUT2D eigenvalue weighted by atomic mass is 16.5. The fourth-order valence-electron chi connectivity index (χ4n) is 11.1. The summed E-state index contributed by atoms with van der Waals surface area (Å²) in [6, 6.07) is 39.7. The zero-order chi connectivity index (χ0) is 52.7. The molecule has 0 saturated heterocycles. The SMILES string of the molecule is CCCOc1c2cc(C(C)(C)C)cc1Cc1cc(C(C)(C)C)cc3c1OCCN(Cc1c4ccccc4cc4ccccc14)CCOc1c(cc(C(C)(C)C)cc1Cc1cc(C(C)(C)C)cc(c1OCCC)C3)C2. The van der Waals surface area contributed by atoms with E-state index in [0.717, 1.165) is 42.4 Å². The molecule has 0 fully saturated rings. The van der Waals surface area contributed by atoms with Crippen LogP contribution in [-0.4, -0.2) is 44.4 Å². The van der Waals surface area contributed by atoms with Crippen LogP contribution in [-0.2, 0) is 53.9 Å². The Morgan fingerprint density at radius 2 is 0.730 bits per heavy atom. The molecule has 2 heterocycles. The van der Waals surface area contributed by atoms with Gasteiger partial charge in [0.1, 0.15) is 36.2 Å². The van der Waals surface area contributed by atoms with E-state index in [2.05, 4.69) is 205 Å². The first kappa shape index (κ1) is 53.1. The van der Waals surface area contributed by atoms with Crippen LogP contribution in [0.2, 0.25) is 0 Å². The van der Waals surface area contributed by atoms with Crippen LogP contribution in [0.3, 0.4) is 0 Å². The van der Waals surface area contributed by atoms with Gasteiger partial charge in [-0.25, -0.2) is 0 Å². The highest BCUT2D eigenvalue weighted by Gasteiger charge is 2.30. The molecule has 10 bridgehead atoms. The van der Waals surface area contributed by atoms with Gasteiger partial charge in [-0.3, -0.25) is 4.90 Å². The van der Waals surface area contributed by atoms with E-state index in [-0.39, 0.29) is 21.7 Å². The molecule has 10 rings (SSSR count). The molecule has 2 aliphatic heterocycles. The van der Waals surface area contributed by atoms with Crippen LogP contribution in [0, 0.1) is 0 Å². The first-order valence-corrected chi connectivity index (χ1v) is 27.9. The fraction of sp³-hybridized carbons (Fsp3) is 0.449. The molecule has 0 amide bonds. The van der Waals surface area contributed by atoms with E-state index in [1.807, 2.05) is 0 Å². The minimum absolute atomic E-state index is 0.106. The Kier molecular flexibility index (Phi) is 15.1. The van der Waals surface area contributed by atoms with Crippen LogP contribution in [0.25, 0.3) is 21.5 Å². The number of fused-ring (bicyclic) bond motifs is 8. The van der Waals surface area contributed by atoms with E-state index >= 15 is 0 Å². The lowest BCUT2D eigenvalue weighted by Crippen LogP contribution is -2.32. The van der Waals surface area contributed by atoms with Crippen molar-refractivity contribution in [1.29, 1.82) is 0 Å². The number of benzene rings is 7. The lowest BCUT2D eigenvalue weighted by atomic mass is 9.79. The molecule has 390 valence electrons. The molecular formula is C69H85NO4. The molecule has 0 spiro atoms. The smallest absolute Gasteiger partial charge is 0.126 e. The number of rotatable bonds is 8. The van der Waals surface area contributed by atoms with Crippen LogP contribution >= 0.6 is 0 Å². The van der Waals surface area contributed by atoms with Gasteiger partial charge in [0, 0.05) is 45.3 Å². The maximum absolute atomic E-state index is 7.49. The Morgan fingerprint density at radius 1 is 0.419 bits per heavy atom. The quantitative estimate of drug-likeness (QED) is 0.112. The Balaban J connectivity index is 1.36. The number of ether oxygens (including phenoxy) is 4. The van der Waals surface area contributed by atoms with E-state index in [1.165, 1.54) is 93.9 Å². The lowest BCUT2D eigenvalue weighted by molar-refractivity contribution is 0.170. The van der Waals surface area contributed by atoms with E-state index in [1.54, 1.807) is 0 Å². The molecule has 74 heavy (non-hydrogen) atoms. The van der Waals surface area contributed by atoms with Crippen LogP contribution in [0.1, 0.15) is 182 Å². The third-order valence-corrected chi connectivity index (χ3v) is 15.4. The third kappa shape index (κ3) is 11.5. The zero-order valence-electron chi connectivity index (χ0n) is 47.6. The first-order valence-electron chi connectivity index (χ1n) is 27.9. The second-order valence-corrected chi connectivity index (χ2v) is 25.7. The zero-order valence-corrected chi connectivity index (χ0v) is 47.6. The molecule has 0 atom stereocenters. The molecule has 7 aromatic carbocycles. The molecule has 5 nitrogen and oxygen atoms in total. The van der Waals surface area contributed by atoms with Crippen molar-refractivity contribution in [1.82, 2.24) is 4.90 Å². The molecule has 3 aliphatic rings. The maximum Gasteiger partial charge on any atom is 0.126 e. The van der Waals surface area contributed by atoms with E-state index in [0.29, 0.717) is 65.2 Å². The van der Waals surface area contributed by atoms with Crippen molar-refractivity contribution < 1.29 is 18.9 Å². The second kappa shape index (κ2) is 21.1. The van der Waals surface area contributed by atoms with Gasteiger partial charge in [0.05, 0.1) is 13.2 Å². The standard InChI is InChI=1S/C69H85NO4/c1-15-27-71-62-47-32-51-40-57(68(9,10)11)42-53-34-49-38-56(67(6,7)8)39-50(63(49)72-28-16-2)35-54-43-58(69(12,13)14)41-52(33-48(62)37-55(36-47)66(3,4)5)65(54)74-30-26-70(25-29-73-64(51)53)44-61-59-23-19-17-21-45(59)31-46-22-18-20-24-60(46)61/h17-24,31,36-43H,15-16,25-30,32-35,44H2,1-14H3. The largest absolute Gasteiger partial charge is 0.493 e. The minimum atomic E-state index is -0.123. The summed E-state index contributed by atoms with van der Waals surface area (Å²) in [6.07, 6.45) is 4.48. The second-order valence-electron chi connectivity index (χ2n) is 25.7. The van der Waals surface area contributed by atoms with Crippen molar-refractivity contribution in [2.24, 2.45) is 0 Å². The number of hydrogen-bond acceptors (Lipinski definition) is 5. The summed E-state index contributed by atoms with van der Waals surface area (Å²) in [5, 5.41) is 5.11. The number of nitrogens with zero attached hydrogens (tertiary/aromatic N) is 1. The van der Waals surface area contributed by atoms with Crippen molar-refractivity contribution in [2.45, 2.75) is 164 Å². The molecule has 0 radical (unpaired) electrons. The molecule has 1 aliphatic carbocycles. The Morgan fingerprint density at radius 3 is 1.04 bits per heavy atom. The highest BCUT2D eigenvalue weighted by Crippen LogP contribution is 2.45. The van der Waals surface area contributed by atoms with Gasteiger partial charge in [0.2, 0.25) is 0 Å². The molecule has 0 N–H and O–H groups in total. The Hall–Kier alpha value is -5.78. The van der Waals surface area contributed by atoms with Crippen LogP contribution in [0.4, 0.5) is 0 Å². The van der Waals surface area contributed by atoms with Gasteiger partial charge in [-0.2, -0.15) is 0 Å². The van der Waals surface area contributed by atoms with E-state index < -0.39 is 0 Å². The summed E-state index contributed by atoms with van der Waals surface area (Å²) < 4.78 is 29.1. The molecule has 0 aromatic heterocycles. The van der Waals surface area contributed by atoms with Gasteiger partial charge < -0.3 is 18.9 Å². The average molecular weight is 992 g/mol.